The van der Waals surface area contributed by atoms with Crippen LogP contribution in [-0.2, 0) is 0 Å². The number of rotatable bonds is 0. The van der Waals surface area contributed by atoms with E-state index in [1.54, 1.807) is 0 Å². The van der Waals surface area contributed by atoms with Gasteiger partial charge in [-0.15, -0.1) is 0 Å². The average molecular weight is 190 g/mol. The van der Waals surface area contributed by atoms with Crippen LogP contribution in [0.15, 0.2) is 47.9 Å². The van der Waals surface area contributed by atoms with E-state index in [0.717, 1.165) is 13.1 Å². The van der Waals surface area contributed by atoms with Crippen molar-refractivity contribution in [2.75, 3.05) is 13.1 Å². The molecule has 2 N–H and O–H groups in total. The van der Waals surface area contributed by atoms with Crippen LogP contribution >= 0.6 is 0 Å². The van der Waals surface area contributed by atoms with Crippen molar-refractivity contribution in [1.82, 2.24) is 10.6 Å². The first kappa shape index (κ1) is 10.6. The molecule has 2 rings (SSSR count). The minimum atomic E-state index is 0.988. The highest BCUT2D eigenvalue weighted by Gasteiger charge is 1.84. The van der Waals surface area contributed by atoms with Crippen LogP contribution in [0.1, 0.15) is 13.8 Å². The van der Waals surface area contributed by atoms with E-state index in [0.29, 0.717) is 0 Å². The van der Waals surface area contributed by atoms with Crippen LogP contribution in [0.3, 0.4) is 0 Å². The van der Waals surface area contributed by atoms with Crippen molar-refractivity contribution >= 4 is 0 Å². The molecule has 2 nitrogen and oxygen atoms in total. The first-order chi connectivity index (χ1) is 6.79. The highest BCUT2D eigenvalue weighted by atomic mass is 14.8. The summed E-state index contributed by atoms with van der Waals surface area (Å²) in [5, 5.41) is 6.12. The molecule has 0 saturated carbocycles. The molecule has 0 aromatic carbocycles. The molecule has 2 aliphatic rings. The Hall–Kier alpha value is -1.44. The van der Waals surface area contributed by atoms with Crippen molar-refractivity contribution in [2.24, 2.45) is 0 Å². The molecule has 0 unspecified atom stereocenters. The topological polar surface area (TPSA) is 24.1 Å². The summed E-state index contributed by atoms with van der Waals surface area (Å²) in [4.78, 5) is 0. The van der Waals surface area contributed by atoms with Crippen LogP contribution in [0.25, 0.3) is 0 Å². The van der Waals surface area contributed by atoms with Crippen LogP contribution in [0.4, 0.5) is 0 Å². The standard InChI is InChI=1S/2C6H9N/c2*1-6-2-4-7-5-3-6/h2*2-4,7H,5H2,1H3. The summed E-state index contributed by atoms with van der Waals surface area (Å²) in [6.07, 6.45) is 12.4. The Morgan fingerprint density at radius 3 is 1.43 bits per heavy atom. The SMILES string of the molecule is CC1=CCNC=C1.CC1=CCNC=C1. The molecule has 0 atom stereocenters. The number of allylic oxidation sites excluding steroid dienone is 4. The monoisotopic (exact) mass is 190 g/mol. The molecule has 2 heterocycles. The Kier molecular flexibility index (Phi) is 4.62. The average Bonchev–Trinajstić information content (AvgIpc) is 2.21. The maximum absolute atomic E-state index is 3.06. The van der Waals surface area contributed by atoms with E-state index in [1.807, 2.05) is 12.4 Å². The van der Waals surface area contributed by atoms with Crippen molar-refractivity contribution in [3.8, 4) is 0 Å². The summed E-state index contributed by atoms with van der Waals surface area (Å²) < 4.78 is 0. The van der Waals surface area contributed by atoms with Gasteiger partial charge < -0.3 is 10.6 Å². The third kappa shape index (κ3) is 4.55. The first-order valence-electron chi connectivity index (χ1n) is 4.92. The zero-order valence-electron chi connectivity index (χ0n) is 8.88. The molecule has 0 fully saturated rings. The number of hydrogen-bond donors (Lipinski definition) is 2. The van der Waals surface area contributed by atoms with E-state index < -0.39 is 0 Å². The van der Waals surface area contributed by atoms with Gasteiger partial charge in [-0.3, -0.25) is 0 Å². The van der Waals surface area contributed by atoms with Crippen molar-refractivity contribution in [2.45, 2.75) is 13.8 Å². The molecule has 0 amide bonds. The van der Waals surface area contributed by atoms with Gasteiger partial charge >= 0.3 is 0 Å². The minimum Gasteiger partial charge on any atom is -0.387 e. The highest BCUT2D eigenvalue weighted by molar-refractivity contribution is 5.19. The van der Waals surface area contributed by atoms with Crippen molar-refractivity contribution in [3.05, 3.63) is 47.9 Å². The first-order valence-corrected chi connectivity index (χ1v) is 4.92. The van der Waals surface area contributed by atoms with Crippen LogP contribution in [-0.4, -0.2) is 13.1 Å². The largest absolute Gasteiger partial charge is 0.387 e. The second-order valence-corrected chi connectivity index (χ2v) is 3.38. The molecule has 14 heavy (non-hydrogen) atoms. The lowest BCUT2D eigenvalue weighted by Gasteiger charge is -2.00. The summed E-state index contributed by atoms with van der Waals surface area (Å²) in [6.45, 7) is 6.17. The molecule has 2 aliphatic heterocycles. The van der Waals surface area contributed by atoms with Gasteiger partial charge in [-0.25, -0.2) is 0 Å². The van der Waals surface area contributed by atoms with Gasteiger partial charge in [-0.05, 0) is 38.4 Å². The van der Waals surface area contributed by atoms with E-state index in [1.165, 1.54) is 11.1 Å². The van der Waals surface area contributed by atoms with Crippen LogP contribution in [0.2, 0.25) is 0 Å². The van der Waals surface area contributed by atoms with Gasteiger partial charge in [0.2, 0.25) is 0 Å². The Morgan fingerprint density at radius 1 is 0.857 bits per heavy atom. The van der Waals surface area contributed by atoms with Crippen molar-refractivity contribution in [3.63, 3.8) is 0 Å². The van der Waals surface area contributed by atoms with Crippen LogP contribution < -0.4 is 10.6 Å². The molecule has 76 valence electrons. The summed E-state index contributed by atoms with van der Waals surface area (Å²) in [7, 11) is 0. The van der Waals surface area contributed by atoms with Gasteiger partial charge in [0.05, 0.1) is 0 Å². The molecule has 2 heteroatoms. The lowest BCUT2D eigenvalue weighted by Crippen LogP contribution is -2.07. The van der Waals surface area contributed by atoms with E-state index in [2.05, 4.69) is 48.8 Å². The molecule has 0 bridgehead atoms. The van der Waals surface area contributed by atoms with Gasteiger partial charge in [-0.2, -0.15) is 0 Å². The summed E-state index contributed by atoms with van der Waals surface area (Å²) in [5.74, 6) is 0. The molecular formula is C12H18N2. The molecule has 0 aliphatic carbocycles. The number of nitrogens with one attached hydrogen (secondary N) is 2. The third-order valence-corrected chi connectivity index (χ3v) is 2.01. The fourth-order valence-corrected chi connectivity index (χ4v) is 1.09. The summed E-state index contributed by atoms with van der Waals surface area (Å²) in [6, 6.07) is 0. The van der Waals surface area contributed by atoms with Crippen LogP contribution in [0.5, 0.6) is 0 Å². The van der Waals surface area contributed by atoms with Crippen molar-refractivity contribution < 1.29 is 0 Å². The lowest BCUT2D eigenvalue weighted by molar-refractivity contribution is 0.958. The fraction of sp³-hybridized carbons (Fsp3) is 0.333. The van der Waals surface area contributed by atoms with E-state index in [-0.39, 0.29) is 0 Å². The maximum Gasteiger partial charge on any atom is 0.0330 e. The van der Waals surface area contributed by atoms with Gasteiger partial charge in [-0.1, -0.05) is 23.3 Å². The Labute approximate surface area is 86.1 Å². The summed E-state index contributed by atoms with van der Waals surface area (Å²) >= 11 is 0. The second-order valence-electron chi connectivity index (χ2n) is 3.38. The third-order valence-electron chi connectivity index (χ3n) is 2.01. The fourth-order valence-electron chi connectivity index (χ4n) is 1.09. The van der Waals surface area contributed by atoms with E-state index in [9.17, 15) is 0 Å². The molecule has 0 radical (unpaired) electrons. The molecule has 0 aromatic rings. The second kappa shape index (κ2) is 6.08. The number of dihydropyridines is 2. The van der Waals surface area contributed by atoms with Gasteiger partial charge in [0, 0.05) is 13.1 Å². The smallest absolute Gasteiger partial charge is 0.0330 e. The molecular weight excluding hydrogens is 172 g/mol. The predicted octanol–water partition coefficient (Wildman–Crippen LogP) is 2.10. The predicted molar refractivity (Wildman–Crippen MR) is 61.8 cm³/mol. The van der Waals surface area contributed by atoms with Gasteiger partial charge in [0.1, 0.15) is 0 Å². The minimum absolute atomic E-state index is 0.988. The number of hydrogen-bond acceptors (Lipinski definition) is 2. The molecule has 0 aromatic heterocycles. The zero-order chi connectivity index (χ0) is 10.2. The highest BCUT2D eigenvalue weighted by Crippen LogP contribution is 1.95. The van der Waals surface area contributed by atoms with Gasteiger partial charge in [0.25, 0.3) is 0 Å². The maximum atomic E-state index is 3.06. The van der Waals surface area contributed by atoms with E-state index in [4.69, 9.17) is 0 Å². The van der Waals surface area contributed by atoms with Gasteiger partial charge in [0.15, 0.2) is 0 Å². The summed E-state index contributed by atoms with van der Waals surface area (Å²) in [5.41, 5.74) is 2.69. The molecule has 0 saturated heterocycles. The van der Waals surface area contributed by atoms with Crippen molar-refractivity contribution in [1.29, 1.82) is 0 Å². The Bertz CT molecular complexity index is 253. The lowest BCUT2D eigenvalue weighted by atomic mass is 10.2. The normalized spacial score (nSPS) is 18.1. The molecule has 0 spiro atoms. The van der Waals surface area contributed by atoms with Crippen LogP contribution in [0, 0.1) is 0 Å². The Balaban J connectivity index is 0.000000140. The zero-order valence-corrected chi connectivity index (χ0v) is 8.88. The Morgan fingerprint density at radius 2 is 1.29 bits per heavy atom. The quantitative estimate of drug-likeness (QED) is 0.611. The van der Waals surface area contributed by atoms with E-state index >= 15 is 0 Å².